The Labute approximate surface area is 153 Å². The third kappa shape index (κ3) is 5.06. The molecular weight excluding hydrogens is 300 g/mol. The van der Waals surface area contributed by atoms with E-state index in [0.717, 1.165) is 6.42 Å². The zero-order valence-electron chi connectivity index (χ0n) is 16.6. The van der Waals surface area contributed by atoms with Crippen LogP contribution in [0.3, 0.4) is 0 Å². The molecule has 0 spiro atoms. The summed E-state index contributed by atoms with van der Waals surface area (Å²) in [6, 6.07) is 17.7. The Kier molecular flexibility index (Phi) is 9.32. The van der Waals surface area contributed by atoms with Crippen molar-refractivity contribution < 1.29 is 0 Å². The van der Waals surface area contributed by atoms with Gasteiger partial charge in [-0.05, 0) is 63.4 Å². The van der Waals surface area contributed by atoms with Crippen LogP contribution in [0.15, 0.2) is 60.7 Å². The van der Waals surface area contributed by atoms with Gasteiger partial charge < -0.3 is 0 Å². The molecule has 0 atom stereocenters. The molecule has 0 heteroatoms. The topological polar surface area (TPSA) is 0 Å². The Morgan fingerprint density at radius 2 is 0.920 bits per heavy atom. The summed E-state index contributed by atoms with van der Waals surface area (Å²) in [4.78, 5) is 0. The molecule has 0 saturated carbocycles. The zero-order chi connectivity index (χ0) is 18.7. The molecule has 0 aliphatic heterocycles. The molecule has 0 fully saturated rings. The molecule has 132 valence electrons. The second-order valence-electron chi connectivity index (χ2n) is 5.07. The monoisotopic (exact) mass is 332 g/mol. The summed E-state index contributed by atoms with van der Waals surface area (Å²) in [5.41, 5.74) is 2.63. The van der Waals surface area contributed by atoms with Crippen molar-refractivity contribution in [2.24, 2.45) is 0 Å². The lowest BCUT2D eigenvalue weighted by atomic mass is 9.98. The van der Waals surface area contributed by atoms with Crippen LogP contribution in [-0.4, -0.2) is 0 Å². The molecule has 0 saturated heterocycles. The van der Waals surface area contributed by atoms with Gasteiger partial charge in [0.25, 0.3) is 0 Å². The highest BCUT2D eigenvalue weighted by molar-refractivity contribution is 6.00. The number of hydrogen-bond acceptors (Lipinski definition) is 0. The molecule has 0 aromatic heterocycles. The van der Waals surface area contributed by atoms with Gasteiger partial charge in [-0.25, -0.2) is 0 Å². The van der Waals surface area contributed by atoms with Gasteiger partial charge in [-0.1, -0.05) is 90.1 Å². The van der Waals surface area contributed by atoms with Crippen LogP contribution in [0.4, 0.5) is 0 Å². The summed E-state index contributed by atoms with van der Waals surface area (Å²) in [5, 5.41) is 5.25. The highest BCUT2D eigenvalue weighted by Gasteiger charge is 2.04. The number of allylic oxidation sites excluding steroid dienone is 2. The Morgan fingerprint density at radius 3 is 1.32 bits per heavy atom. The van der Waals surface area contributed by atoms with Gasteiger partial charge in [0.2, 0.25) is 0 Å². The number of fused-ring (bicyclic) bond motifs is 3. The molecule has 4 rings (SSSR count). The zero-order valence-corrected chi connectivity index (χ0v) is 16.6. The van der Waals surface area contributed by atoms with Gasteiger partial charge in [-0.15, -0.1) is 0 Å². The van der Waals surface area contributed by atoms with Crippen molar-refractivity contribution in [1.82, 2.24) is 0 Å². The Balaban J connectivity index is 0.000000475. The average molecular weight is 333 g/mol. The van der Waals surface area contributed by atoms with E-state index in [-0.39, 0.29) is 0 Å². The third-order valence-electron chi connectivity index (χ3n) is 3.77. The van der Waals surface area contributed by atoms with Crippen LogP contribution < -0.4 is 0 Å². The maximum Gasteiger partial charge on any atom is -0.0162 e. The molecule has 0 amide bonds. The van der Waals surface area contributed by atoms with Crippen LogP contribution in [0, 0.1) is 0 Å². The van der Waals surface area contributed by atoms with E-state index in [1.165, 1.54) is 32.7 Å². The third-order valence-corrected chi connectivity index (χ3v) is 3.77. The number of rotatable bonds is 0. The highest BCUT2D eigenvalue weighted by atomic mass is 14.1. The van der Waals surface area contributed by atoms with Crippen molar-refractivity contribution in [1.29, 1.82) is 0 Å². The molecule has 3 aromatic carbocycles. The SMILES string of the molecule is C1=Cc2cc3cc4ccccc4cc3cc2C=CC1.CC.CC.CC. The molecule has 1 aliphatic rings. The van der Waals surface area contributed by atoms with Gasteiger partial charge >= 0.3 is 0 Å². The lowest BCUT2D eigenvalue weighted by molar-refractivity contribution is 1.44. The Morgan fingerprint density at radius 1 is 0.520 bits per heavy atom. The molecule has 0 N–H and O–H groups in total. The maximum atomic E-state index is 2.29. The first-order valence-corrected chi connectivity index (χ1v) is 9.70. The normalized spacial score (nSPS) is 11.1. The minimum absolute atomic E-state index is 1.02. The van der Waals surface area contributed by atoms with E-state index in [0.29, 0.717) is 0 Å². The molecule has 3 aromatic rings. The fraction of sp³-hybridized carbons (Fsp3) is 0.280. The molecule has 0 radical (unpaired) electrons. The van der Waals surface area contributed by atoms with Gasteiger partial charge in [-0.2, -0.15) is 0 Å². The van der Waals surface area contributed by atoms with Gasteiger partial charge in [0.15, 0.2) is 0 Å². The van der Waals surface area contributed by atoms with Crippen LogP contribution in [-0.2, 0) is 0 Å². The molecular formula is C25H32. The van der Waals surface area contributed by atoms with Crippen molar-refractivity contribution in [3.05, 3.63) is 71.8 Å². The maximum absolute atomic E-state index is 2.29. The quantitative estimate of drug-likeness (QED) is 0.362. The molecule has 1 aliphatic carbocycles. The summed E-state index contributed by atoms with van der Waals surface area (Å²) < 4.78 is 0. The summed E-state index contributed by atoms with van der Waals surface area (Å²) in [5.74, 6) is 0. The highest BCUT2D eigenvalue weighted by Crippen LogP contribution is 2.28. The molecule has 0 heterocycles. The van der Waals surface area contributed by atoms with Crippen LogP contribution >= 0.6 is 0 Å². The van der Waals surface area contributed by atoms with Crippen LogP contribution in [0.2, 0.25) is 0 Å². The van der Waals surface area contributed by atoms with E-state index in [9.17, 15) is 0 Å². The first-order chi connectivity index (χ1) is 12.4. The van der Waals surface area contributed by atoms with Crippen molar-refractivity contribution in [3.63, 3.8) is 0 Å². The summed E-state index contributed by atoms with van der Waals surface area (Å²) in [6.07, 6.45) is 9.91. The predicted molar refractivity (Wildman–Crippen MR) is 118 cm³/mol. The van der Waals surface area contributed by atoms with Crippen LogP contribution in [0.5, 0.6) is 0 Å². The van der Waals surface area contributed by atoms with Gasteiger partial charge in [0, 0.05) is 0 Å². The van der Waals surface area contributed by atoms with E-state index < -0.39 is 0 Å². The van der Waals surface area contributed by atoms with E-state index in [1.807, 2.05) is 41.5 Å². The second kappa shape index (κ2) is 11.3. The molecule has 0 bridgehead atoms. The predicted octanol–water partition coefficient (Wildman–Crippen LogP) is 8.50. The van der Waals surface area contributed by atoms with Crippen LogP contribution in [0.25, 0.3) is 33.7 Å². The fourth-order valence-electron chi connectivity index (χ4n) is 2.78. The van der Waals surface area contributed by atoms with E-state index in [2.05, 4.69) is 72.8 Å². The lowest BCUT2D eigenvalue weighted by Gasteiger charge is -2.07. The fourth-order valence-corrected chi connectivity index (χ4v) is 2.78. The summed E-state index contributed by atoms with van der Waals surface area (Å²) >= 11 is 0. The van der Waals surface area contributed by atoms with Crippen molar-refractivity contribution in [3.8, 4) is 0 Å². The smallest absolute Gasteiger partial charge is 0.0162 e. The van der Waals surface area contributed by atoms with Gasteiger partial charge in [0.1, 0.15) is 0 Å². The Bertz CT molecular complexity index is 765. The summed E-state index contributed by atoms with van der Waals surface area (Å²) in [6.45, 7) is 12.0. The first kappa shape index (κ1) is 20.7. The number of benzene rings is 3. The van der Waals surface area contributed by atoms with Crippen molar-refractivity contribution in [2.45, 2.75) is 48.0 Å². The molecule has 25 heavy (non-hydrogen) atoms. The second-order valence-corrected chi connectivity index (χ2v) is 5.07. The minimum Gasteiger partial charge on any atom is -0.0801 e. The molecule has 0 nitrogen and oxygen atoms in total. The standard InChI is InChI=1S/C19H14.3C2H6/c1-2-6-14-10-18-12-16-8-4-5-9-17(16)13-19(18)11-15(14)7-3-1;3*1-2/h2-13H,1H2;3*1-2H3. The average Bonchev–Trinajstić information content (AvgIpc) is 2.94. The Hall–Kier alpha value is -2.34. The van der Waals surface area contributed by atoms with E-state index in [1.54, 1.807) is 0 Å². The minimum atomic E-state index is 1.02. The van der Waals surface area contributed by atoms with Gasteiger partial charge in [0.05, 0.1) is 0 Å². The van der Waals surface area contributed by atoms with E-state index in [4.69, 9.17) is 0 Å². The van der Waals surface area contributed by atoms with E-state index >= 15 is 0 Å². The van der Waals surface area contributed by atoms with Crippen molar-refractivity contribution in [2.75, 3.05) is 0 Å². The van der Waals surface area contributed by atoms with Crippen LogP contribution in [0.1, 0.15) is 59.1 Å². The number of hydrogen-bond donors (Lipinski definition) is 0. The first-order valence-electron chi connectivity index (χ1n) is 9.70. The van der Waals surface area contributed by atoms with Crippen molar-refractivity contribution >= 4 is 33.7 Å². The van der Waals surface area contributed by atoms with Gasteiger partial charge in [-0.3, -0.25) is 0 Å². The summed E-state index contributed by atoms with van der Waals surface area (Å²) in [7, 11) is 0. The lowest BCUT2D eigenvalue weighted by Crippen LogP contribution is -1.83. The largest absolute Gasteiger partial charge is 0.0801 e. The molecule has 0 unspecified atom stereocenters.